The van der Waals surface area contributed by atoms with Crippen molar-refractivity contribution in [3.05, 3.63) is 29.3 Å². The van der Waals surface area contributed by atoms with Gasteiger partial charge in [-0.2, -0.15) is 0 Å². The zero-order chi connectivity index (χ0) is 13.1. The zero-order valence-electron chi connectivity index (χ0n) is 11.3. The lowest BCUT2D eigenvalue weighted by Crippen LogP contribution is -2.35. The first kappa shape index (κ1) is 13.1. The number of hydrogen-bond donors (Lipinski definition) is 1. The zero-order valence-corrected chi connectivity index (χ0v) is 11.3. The topological polar surface area (TPSA) is 46.3 Å². The Balaban J connectivity index is 2.38. The first-order chi connectivity index (χ1) is 8.67. The third-order valence-corrected chi connectivity index (χ3v) is 3.70. The first-order valence-corrected chi connectivity index (χ1v) is 6.86. The molecular formula is C15H22N2O. The van der Waals surface area contributed by atoms with Crippen molar-refractivity contribution in [1.29, 1.82) is 0 Å². The average molecular weight is 246 g/mol. The SMILES string of the molecule is CCC(=O)N1CCCc2ccc(C(N)CC)cc21. The Morgan fingerprint density at radius 3 is 2.89 bits per heavy atom. The number of benzene rings is 1. The number of aryl methyl sites for hydroxylation is 1. The van der Waals surface area contributed by atoms with Crippen molar-refractivity contribution in [3.63, 3.8) is 0 Å². The second-order valence-electron chi connectivity index (χ2n) is 4.91. The highest BCUT2D eigenvalue weighted by atomic mass is 16.2. The fourth-order valence-corrected chi connectivity index (χ4v) is 2.51. The van der Waals surface area contributed by atoms with Crippen molar-refractivity contribution < 1.29 is 4.79 Å². The summed E-state index contributed by atoms with van der Waals surface area (Å²) in [5.41, 5.74) is 9.56. The van der Waals surface area contributed by atoms with Gasteiger partial charge in [0.25, 0.3) is 0 Å². The summed E-state index contributed by atoms with van der Waals surface area (Å²) >= 11 is 0. The smallest absolute Gasteiger partial charge is 0.226 e. The van der Waals surface area contributed by atoms with Crippen LogP contribution in [0, 0.1) is 0 Å². The van der Waals surface area contributed by atoms with E-state index in [-0.39, 0.29) is 11.9 Å². The molecule has 2 rings (SSSR count). The Hall–Kier alpha value is -1.35. The summed E-state index contributed by atoms with van der Waals surface area (Å²) in [6.45, 7) is 4.84. The highest BCUT2D eigenvalue weighted by Gasteiger charge is 2.22. The van der Waals surface area contributed by atoms with Crippen LogP contribution < -0.4 is 10.6 Å². The molecule has 1 atom stereocenters. The molecule has 1 aliphatic rings. The highest BCUT2D eigenvalue weighted by Crippen LogP contribution is 2.30. The number of nitrogens with zero attached hydrogens (tertiary/aromatic N) is 1. The van der Waals surface area contributed by atoms with Crippen LogP contribution in [0.4, 0.5) is 5.69 Å². The third-order valence-electron chi connectivity index (χ3n) is 3.70. The standard InChI is InChI=1S/C15H22N2O/c1-3-13(16)12-8-7-11-6-5-9-17(14(11)10-12)15(18)4-2/h7-8,10,13H,3-6,9,16H2,1-2H3. The molecule has 1 aliphatic heterocycles. The molecule has 1 amide bonds. The maximum Gasteiger partial charge on any atom is 0.226 e. The number of anilines is 1. The molecular weight excluding hydrogens is 224 g/mol. The van der Waals surface area contributed by atoms with E-state index in [1.54, 1.807) is 0 Å². The summed E-state index contributed by atoms with van der Waals surface area (Å²) < 4.78 is 0. The van der Waals surface area contributed by atoms with Crippen molar-refractivity contribution in [2.75, 3.05) is 11.4 Å². The van der Waals surface area contributed by atoms with Crippen LogP contribution in [0.25, 0.3) is 0 Å². The lowest BCUT2D eigenvalue weighted by atomic mass is 9.96. The molecule has 0 aliphatic carbocycles. The molecule has 18 heavy (non-hydrogen) atoms. The second kappa shape index (κ2) is 5.53. The molecule has 0 saturated heterocycles. The fraction of sp³-hybridized carbons (Fsp3) is 0.533. The molecule has 2 N–H and O–H groups in total. The minimum Gasteiger partial charge on any atom is -0.324 e. The molecule has 0 bridgehead atoms. The molecule has 1 aromatic carbocycles. The van der Waals surface area contributed by atoms with Gasteiger partial charge in [-0.1, -0.05) is 26.0 Å². The average Bonchev–Trinajstić information content (AvgIpc) is 2.44. The monoisotopic (exact) mass is 246 g/mol. The maximum absolute atomic E-state index is 12.0. The first-order valence-electron chi connectivity index (χ1n) is 6.86. The molecule has 1 aromatic rings. The van der Waals surface area contributed by atoms with Gasteiger partial charge in [-0.3, -0.25) is 4.79 Å². The van der Waals surface area contributed by atoms with Gasteiger partial charge in [0.1, 0.15) is 0 Å². The van der Waals surface area contributed by atoms with Crippen LogP contribution in [-0.4, -0.2) is 12.5 Å². The summed E-state index contributed by atoms with van der Waals surface area (Å²) in [4.78, 5) is 13.9. The molecule has 0 spiro atoms. The predicted octanol–water partition coefficient (Wildman–Crippen LogP) is 2.79. The molecule has 0 radical (unpaired) electrons. The van der Waals surface area contributed by atoms with E-state index in [1.807, 2.05) is 11.8 Å². The molecule has 0 aromatic heterocycles. The molecule has 1 heterocycles. The number of amides is 1. The van der Waals surface area contributed by atoms with E-state index >= 15 is 0 Å². The van der Waals surface area contributed by atoms with Gasteiger partial charge in [-0.05, 0) is 36.5 Å². The number of carbonyl (C=O) groups excluding carboxylic acids is 1. The fourth-order valence-electron chi connectivity index (χ4n) is 2.51. The summed E-state index contributed by atoms with van der Waals surface area (Å²) in [7, 11) is 0. The van der Waals surface area contributed by atoms with Crippen LogP contribution in [0.15, 0.2) is 18.2 Å². The number of carbonyl (C=O) groups is 1. The van der Waals surface area contributed by atoms with Crippen molar-refractivity contribution in [2.24, 2.45) is 5.73 Å². The Morgan fingerprint density at radius 1 is 1.44 bits per heavy atom. The van der Waals surface area contributed by atoms with Gasteiger partial charge in [0, 0.05) is 24.7 Å². The molecule has 0 saturated carbocycles. The quantitative estimate of drug-likeness (QED) is 0.891. The molecule has 0 fully saturated rings. The molecule has 3 nitrogen and oxygen atoms in total. The largest absolute Gasteiger partial charge is 0.324 e. The van der Waals surface area contributed by atoms with Gasteiger partial charge in [-0.25, -0.2) is 0 Å². The predicted molar refractivity (Wildman–Crippen MR) is 74.6 cm³/mol. The van der Waals surface area contributed by atoms with Crippen LogP contribution in [0.2, 0.25) is 0 Å². The minimum atomic E-state index is 0.0656. The highest BCUT2D eigenvalue weighted by molar-refractivity contribution is 5.94. The van der Waals surface area contributed by atoms with Crippen LogP contribution in [-0.2, 0) is 11.2 Å². The van der Waals surface area contributed by atoms with Crippen molar-refractivity contribution in [1.82, 2.24) is 0 Å². The van der Waals surface area contributed by atoms with Gasteiger partial charge in [0.05, 0.1) is 0 Å². The van der Waals surface area contributed by atoms with Crippen molar-refractivity contribution in [3.8, 4) is 0 Å². The number of hydrogen-bond acceptors (Lipinski definition) is 2. The molecule has 3 heteroatoms. The van der Waals surface area contributed by atoms with E-state index in [0.29, 0.717) is 6.42 Å². The maximum atomic E-state index is 12.0. The van der Waals surface area contributed by atoms with Crippen LogP contribution in [0.3, 0.4) is 0 Å². The number of fused-ring (bicyclic) bond motifs is 1. The number of nitrogens with two attached hydrogens (primary N) is 1. The summed E-state index contributed by atoms with van der Waals surface area (Å²) in [5, 5.41) is 0. The molecule has 98 valence electrons. The van der Waals surface area contributed by atoms with Crippen LogP contribution in [0.5, 0.6) is 0 Å². The summed E-state index contributed by atoms with van der Waals surface area (Å²) in [5.74, 6) is 0.207. The molecule has 1 unspecified atom stereocenters. The number of rotatable bonds is 3. The van der Waals surface area contributed by atoms with Gasteiger partial charge < -0.3 is 10.6 Å². The van der Waals surface area contributed by atoms with Crippen molar-refractivity contribution in [2.45, 2.75) is 45.6 Å². The van der Waals surface area contributed by atoms with Gasteiger partial charge in [0.15, 0.2) is 0 Å². The normalized spacial score (nSPS) is 16.3. The lowest BCUT2D eigenvalue weighted by Gasteiger charge is -2.30. The van der Waals surface area contributed by atoms with Crippen LogP contribution >= 0.6 is 0 Å². The van der Waals surface area contributed by atoms with Gasteiger partial charge >= 0.3 is 0 Å². The summed E-state index contributed by atoms with van der Waals surface area (Å²) in [6, 6.07) is 6.41. The van der Waals surface area contributed by atoms with E-state index in [4.69, 9.17) is 5.73 Å². The van der Waals surface area contributed by atoms with E-state index in [2.05, 4.69) is 25.1 Å². The Kier molecular flexibility index (Phi) is 4.02. The summed E-state index contributed by atoms with van der Waals surface area (Å²) in [6.07, 6.45) is 3.59. The Bertz CT molecular complexity index is 442. The van der Waals surface area contributed by atoms with E-state index in [9.17, 15) is 4.79 Å². The van der Waals surface area contributed by atoms with E-state index in [1.165, 1.54) is 5.56 Å². The minimum absolute atomic E-state index is 0.0656. The van der Waals surface area contributed by atoms with Gasteiger partial charge in [-0.15, -0.1) is 0 Å². The Morgan fingerprint density at radius 2 is 2.22 bits per heavy atom. The van der Waals surface area contributed by atoms with E-state index < -0.39 is 0 Å². The second-order valence-corrected chi connectivity index (χ2v) is 4.91. The van der Waals surface area contributed by atoms with Gasteiger partial charge in [0.2, 0.25) is 5.91 Å². The third kappa shape index (κ3) is 2.41. The van der Waals surface area contributed by atoms with E-state index in [0.717, 1.165) is 37.1 Å². The van der Waals surface area contributed by atoms with Crippen molar-refractivity contribution >= 4 is 11.6 Å². The Labute approximate surface area is 109 Å². The van der Waals surface area contributed by atoms with Crippen LogP contribution in [0.1, 0.15) is 50.3 Å². The lowest BCUT2D eigenvalue weighted by molar-refractivity contribution is -0.118.